The van der Waals surface area contributed by atoms with Gasteiger partial charge in [-0.3, -0.25) is 0 Å². The Balaban J connectivity index is 1.98. The molecule has 2 atom stereocenters. The van der Waals surface area contributed by atoms with Crippen LogP contribution in [0.1, 0.15) is 19.8 Å². The molecular weight excluding hydrogens is 306 g/mol. The van der Waals surface area contributed by atoms with Gasteiger partial charge in [-0.05, 0) is 46.8 Å². The van der Waals surface area contributed by atoms with Gasteiger partial charge in [-0.1, -0.05) is 6.92 Å². The molecule has 2 N–H and O–H groups in total. The van der Waals surface area contributed by atoms with Crippen molar-refractivity contribution in [1.82, 2.24) is 14.6 Å². The maximum atomic E-state index is 5.93. The second-order valence-corrected chi connectivity index (χ2v) is 6.09. The molecule has 1 saturated heterocycles. The summed E-state index contributed by atoms with van der Waals surface area (Å²) in [6.07, 6.45) is 4.34. The van der Waals surface area contributed by atoms with E-state index in [1.54, 1.807) is 0 Å². The van der Waals surface area contributed by atoms with E-state index in [4.69, 9.17) is 5.73 Å². The summed E-state index contributed by atoms with van der Waals surface area (Å²) in [6, 6.07) is 4.29. The minimum Gasteiger partial charge on any atom is -0.335 e. The lowest BCUT2D eigenvalue weighted by atomic mass is 9.91. The molecule has 0 saturated carbocycles. The van der Waals surface area contributed by atoms with E-state index >= 15 is 0 Å². The van der Waals surface area contributed by atoms with Crippen molar-refractivity contribution in [2.45, 2.75) is 25.8 Å². The number of pyridine rings is 1. The minimum absolute atomic E-state index is 0.342. The van der Waals surface area contributed by atoms with E-state index in [1.807, 2.05) is 22.8 Å². The molecule has 102 valence electrons. The van der Waals surface area contributed by atoms with E-state index in [1.165, 1.54) is 12.8 Å². The third-order valence-electron chi connectivity index (χ3n) is 3.90. The molecule has 2 aromatic heterocycles. The summed E-state index contributed by atoms with van der Waals surface area (Å²) >= 11 is 3.45. The van der Waals surface area contributed by atoms with Crippen LogP contribution in [0.4, 0.5) is 5.95 Å². The topological polar surface area (TPSA) is 59.5 Å². The quantitative estimate of drug-likeness (QED) is 0.919. The molecule has 3 rings (SSSR count). The molecule has 5 nitrogen and oxygen atoms in total. The molecule has 19 heavy (non-hydrogen) atoms. The number of rotatable bonds is 2. The molecule has 1 aliphatic rings. The molecule has 0 spiro atoms. The average molecular weight is 324 g/mol. The Labute approximate surface area is 120 Å². The van der Waals surface area contributed by atoms with Crippen molar-refractivity contribution in [3.05, 3.63) is 22.8 Å². The minimum atomic E-state index is 0.342. The Bertz CT molecular complexity index is 581. The second kappa shape index (κ2) is 5.09. The summed E-state index contributed by atoms with van der Waals surface area (Å²) in [7, 11) is 0. The number of halogens is 1. The number of piperidine rings is 1. The Morgan fingerprint density at radius 2 is 2.32 bits per heavy atom. The van der Waals surface area contributed by atoms with E-state index in [-0.39, 0.29) is 0 Å². The van der Waals surface area contributed by atoms with Gasteiger partial charge in [0.25, 0.3) is 0 Å². The highest BCUT2D eigenvalue weighted by molar-refractivity contribution is 9.10. The lowest BCUT2D eigenvalue weighted by Crippen LogP contribution is -2.49. The van der Waals surface area contributed by atoms with Crippen molar-refractivity contribution in [2.75, 3.05) is 18.0 Å². The van der Waals surface area contributed by atoms with Gasteiger partial charge < -0.3 is 10.6 Å². The molecule has 0 bridgehead atoms. The van der Waals surface area contributed by atoms with Gasteiger partial charge in [-0.15, -0.1) is 5.10 Å². The van der Waals surface area contributed by atoms with Crippen LogP contribution in [-0.2, 0) is 0 Å². The van der Waals surface area contributed by atoms with Gasteiger partial charge in [0, 0.05) is 29.8 Å². The second-order valence-electron chi connectivity index (χ2n) is 5.18. The predicted molar refractivity (Wildman–Crippen MR) is 79.3 cm³/mol. The molecule has 0 radical (unpaired) electrons. The van der Waals surface area contributed by atoms with Gasteiger partial charge in [0.05, 0.1) is 0 Å². The van der Waals surface area contributed by atoms with Crippen LogP contribution in [0.2, 0.25) is 0 Å². The number of fused-ring (bicyclic) bond motifs is 1. The molecule has 0 aromatic carbocycles. The number of hydrogen-bond donors (Lipinski definition) is 1. The van der Waals surface area contributed by atoms with E-state index in [0.29, 0.717) is 18.5 Å². The van der Waals surface area contributed by atoms with E-state index in [0.717, 1.165) is 22.6 Å². The number of nitrogens with two attached hydrogens (primary N) is 1. The summed E-state index contributed by atoms with van der Waals surface area (Å²) in [6.45, 7) is 3.90. The van der Waals surface area contributed by atoms with Gasteiger partial charge >= 0.3 is 0 Å². The maximum Gasteiger partial charge on any atom is 0.245 e. The smallest absolute Gasteiger partial charge is 0.245 e. The SMILES string of the molecule is CC1CCCN(c2nc3ccc(Br)cn3n2)C1CN. The van der Waals surface area contributed by atoms with E-state index < -0.39 is 0 Å². The van der Waals surface area contributed by atoms with Crippen LogP contribution in [0.5, 0.6) is 0 Å². The first kappa shape index (κ1) is 12.9. The molecule has 0 amide bonds. The summed E-state index contributed by atoms with van der Waals surface area (Å²) < 4.78 is 2.81. The number of hydrogen-bond acceptors (Lipinski definition) is 4. The van der Waals surface area contributed by atoms with Crippen LogP contribution in [0.15, 0.2) is 22.8 Å². The van der Waals surface area contributed by atoms with Gasteiger partial charge in [0.2, 0.25) is 5.95 Å². The monoisotopic (exact) mass is 323 g/mol. The summed E-state index contributed by atoms with van der Waals surface area (Å²) in [5, 5.41) is 4.58. The van der Waals surface area contributed by atoms with Crippen LogP contribution in [0.25, 0.3) is 5.65 Å². The third-order valence-corrected chi connectivity index (χ3v) is 4.37. The highest BCUT2D eigenvalue weighted by Gasteiger charge is 2.29. The zero-order valence-corrected chi connectivity index (χ0v) is 12.5. The van der Waals surface area contributed by atoms with Crippen LogP contribution >= 0.6 is 15.9 Å². The van der Waals surface area contributed by atoms with Crippen molar-refractivity contribution in [3.8, 4) is 0 Å². The van der Waals surface area contributed by atoms with Crippen molar-refractivity contribution in [1.29, 1.82) is 0 Å². The first-order chi connectivity index (χ1) is 9.19. The molecule has 0 aliphatic carbocycles. The zero-order chi connectivity index (χ0) is 13.4. The fourth-order valence-electron chi connectivity index (χ4n) is 2.82. The molecule has 6 heteroatoms. The number of aromatic nitrogens is 3. The largest absolute Gasteiger partial charge is 0.335 e. The van der Waals surface area contributed by atoms with Gasteiger partial charge in [-0.25, -0.2) is 4.52 Å². The van der Waals surface area contributed by atoms with Crippen molar-refractivity contribution >= 4 is 27.5 Å². The molecular formula is C13H18BrN5. The summed E-state index contributed by atoms with van der Waals surface area (Å²) in [5.74, 6) is 1.39. The predicted octanol–water partition coefficient (Wildman–Crippen LogP) is 2.06. The molecule has 1 aliphatic heterocycles. The normalized spacial score (nSPS) is 24.1. The lowest BCUT2D eigenvalue weighted by molar-refractivity contribution is 0.346. The van der Waals surface area contributed by atoms with Crippen LogP contribution in [0.3, 0.4) is 0 Å². The van der Waals surface area contributed by atoms with Gasteiger partial charge in [-0.2, -0.15) is 4.98 Å². The Hall–Kier alpha value is -1.14. The van der Waals surface area contributed by atoms with Crippen molar-refractivity contribution in [2.24, 2.45) is 11.7 Å². The van der Waals surface area contributed by atoms with Gasteiger partial charge in [0.15, 0.2) is 5.65 Å². The summed E-state index contributed by atoms with van der Waals surface area (Å²) in [5.41, 5.74) is 6.80. The van der Waals surface area contributed by atoms with Crippen molar-refractivity contribution < 1.29 is 0 Å². The maximum absolute atomic E-state index is 5.93. The van der Waals surface area contributed by atoms with Crippen molar-refractivity contribution in [3.63, 3.8) is 0 Å². The third kappa shape index (κ3) is 2.34. The van der Waals surface area contributed by atoms with E-state index in [9.17, 15) is 0 Å². The number of anilines is 1. The number of nitrogens with zero attached hydrogens (tertiary/aromatic N) is 4. The summed E-state index contributed by atoms with van der Waals surface area (Å²) in [4.78, 5) is 6.87. The first-order valence-corrected chi connectivity index (χ1v) is 7.47. The molecule has 1 fully saturated rings. The fraction of sp³-hybridized carbons (Fsp3) is 0.538. The van der Waals surface area contributed by atoms with Crippen LogP contribution in [-0.4, -0.2) is 33.7 Å². The Morgan fingerprint density at radius 3 is 3.11 bits per heavy atom. The lowest BCUT2D eigenvalue weighted by Gasteiger charge is -2.38. The Morgan fingerprint density at radius 1 is 1.47 bits per heavy atom. The van der Waals surface area contributed by atoms with E-state index in [2.05, 4.69) is 37.8 Å². The Kier molecular flexibility index (Phi) is 3.45. The highest BCUT2D eigenvalue weighted by Crippen LogP contribution is 2.26. The molecule has 2 aromatic rings. The van der Waals surface area contributed by atoms with Crippen LogP contribution in [0, 0.1) is 5.92 Å². The van der Waals surface area contributed by atoms with Gasteiger partial charge in [0.1, 0.15) is 0 Å². The molecule has 2 unspecified atom stereocenters. The first-order valence-electron chi connectivity index (χ1n) is 6.67. The fourth-order valence-corrected chi connectivity index (χ4v) is 3.15. The van der Waals surface area contributed by atoms with Crippen LogP contribution < -0.4 is 10.6 Å². The molecule has 3 heterocycles. The highest BCUT2D eigenvalue weighted by atomic mass is 79.9. The standard InChI is InChI=1S/C13H18BrN5/c1-9-3-2-6-18(11(9)7-15)13-16-12-5-4-10(14)8-19(12)17-13/h4-5,8-9,11H,2-3,6-7,15H2,1H3. The zero-order valence-electron chi connectivity index (χ0n) is 11.0. The average Bonchev–Trinajstić information content (AvgIpc) is 2.81.